The molecule has 0 aromatic heterocycles. The third kappa shape index (κ3) is 9.30. The molecule has 45 heavy (non-hydrogen) atoms. The molecule has 0 saturated heterocycles. The van der Waals surface area contributed by atoms with Crippen molar-refractivity contribution in [1.29, 1.82) is 0 Å². The Bertz CT molecular complexity index is 972. The topological polar surface area (TPSA) is 38.3 Å². The third-order valence-electron chi connectivity index (χ3n) is 13.4. The number of carbonyl (C=O) groups excluding carboxylic acids is 1. The molecule has 0 aromatic rings. The molecular weight excluding hydrogens is 567 g/mol. The van der Waals surface area contributed by atoms with Gasteiger partial charge in [-0.15, -0.1) is 0 Å². The summed E-state index contributed by atoms with van der Waals surface area (Å²) in [5.74, 6) is 3.45. The van der Waals surface area contributed by atoms with Gasteiger partial charge in [0.05, 0.1) is 6.10 Å². The van der Waals surface area contributed by atoms with Crippen molar-refractivity contribution in [3.63, 3.8) is 0 Å². The molecule has 1 amide bonds. The van der Waals surface area contributed by atoms with E-state index in [1.54, 1.807) is 11.1 Å². The van der Waals surface area contributed by atoms with Gasteiger partial charge in [-0.1, -0.05) is 131 Å². The standard InChI is InChI=1S/C41H74NO2Si/c1-30(2)45(39(4,5)6)44-37-27-28-41(9)35-24-21-31(3)33(34(35)22-25-36(41)40(37,7)8)23-26-38(43)42-29-17-12-10-11-14-18-32-19-15-13-16-20-32/h30,32,34-37H,10-29H2,1-9H3,(H,42,43)/t34-,35-,36-,37-,41+/m0/s1. The number of fused-ring (bicyclic) bond motifs is 3. The second-order valence-electron chi connectivity index (χ2n) is 18.3. The van der Waals surface area contributed by atoms with Crippen molar-refractivity contribution < 1.29 is 9.22 Å². The van der Waals surface area contributed by atoms with Crippen molar-refractivity contribution >= 4 is 14.9 Å². The van der Waals surface area contributed by atoms with Crippen LogP contribution in [0.2, 0.25) is 10.6 Å². The van der Waals surface area contributed by atoms with E-state index in [0.717, 1.165) is 37.1 Å². The van der Waals surface area contributed by atoms with Gasteiger partial charge in [0.2, 0.25) is 14.9 Å². The smallest absolute Gasteiger partial charge is 0.220 e. The number of allylic oxidation sites excluding steroid dienone is 2. The lowest BCUT2D eigenvalue weighted by molar-refractivity contribution is -0.144. The lowest BCUT2D eigenvalue weighted by Crippen LogP contribution is -2.58. The highest BCUT2D eigenvalue weighted by Gasteiger charge is 2.59. The van der Waals surface area contributed by atoms with E-state index in [0.29, 0.717) is 29.4 Å². The molecule has 1 radical (unpaired) electrons. The van der Waals surface area contributed by atoms with E-state index in [1.165, 1.54) is 103 Å². The number of carbonyl (C=O) groups is 1. The molecule has 3 saturated carbocycles. The molecule has 4 aliphatic carbocycles. The summed E-state index contributed by atoms with van der Waals surface area (Å²) in [6.07, 6.45) is 25.1. The van der Waals surface area contributed by atoms with Gasteiger partial charge >= 0.3 is 0 Å². The minimum absolute atomic E-state index is 0.208. The molecule has 259 valence electrons. The molecule has 0 spiro atoms. The molecule has 3 fully saturated rings. The second kappa shape index (κ2) is 16.2. The maximum Gasteiger partial charge on any atom is 0.220 e. The van der Waals surface area contributed by atoms with Gasteiger partial charge in [-0.25, -0.2) is 0 Å². The van der Waals surface area contributed by atoms with Crippen molar-refractivity contribution in [3.8, 4) is 0 Å². The monoisotopic (exact) mass is 641 g/mol. The largest absolute Gasteiger partial charge is 0.412 e. The molecule has 0 unspecified atom stereocenters. The predicted octanol–water partition coefficient (Wildman–Crippen LogP) is 12.0. The van der Waals surface area contributed by atoms with Gasteiger partial charge < -0.3 is 9.74 Å². The van der Waals surface area contributed by atoms with Gasteiger partial charge in [-0.2, -0.15) is 0 Å². The molecule has 4 aliphatic rings. The summed E-state index contributed by atoms with van der Waals surface area (Å²) in [5, 5.41) is 3.54. The first-order valence-electron chi connectivity index (χ1n) is 19.7. The number of nitrogens with one attached hydrogen (secondary N) is 1. The Morgan fingerprint density at radius 2 is 1.62 bits per heavy atom. The molecule has 0 heterocycles. The number of rotatable bonds is 14. The molecule has 5 atom stereocenters. The molecule has 0 aliphatic heterocycles. The van der Waals surface area contributed by atoms with E-state index in [1.807, 2.05) is 0 Å². The molecule has 4 heteroatoms. The van der Waals surface area contributed by atoms with Crippen LogP contribution in [0, 0.1) is 34.5 Å². The van der Waals surface area contributed by atoms with Crippen molar-refractivity contribution in [2.45, 2.75) is 201 Å². The Kier molecular flexibility index (Phi) is 13.4. The maximum atomic E-state index is 12.9. The van der Waals surface area contributed by atoms with Crippen LogP contribution in [-0.4, -0.2) is 27.6 Å². The molecule has 1 N–H and O–H groups in total. The lowest BCUT2D eigenvalue weighted by atomic mass is 9.43. The van der Waals surface area contributed by atoms with Crippen LogP contribution in [0.1, 0.15) is 184 Å². The summed E-state index contributed by atoms with van der Waals surface area (Å²) in [6, 6.07) is 0. The van der Waals surface area contributed by atoms with E-state index in [9.17, 15) is 4.79 Å². The van der Waals surface area contributed by atoms with Crippen molar-refractivity contribution in [3.05, 3.63) is 11.1 Å². The minimum Gasteiger partial charge on any atom is -0.412 e. The number of unbranched alkanes of at least 4 members (excludes halogenated alkanes) is 4. The van der Waals surface area contributed by atoms with Gasteiger partial charge in [0.1, 0.15) is 0 Å². The number of hydrogen-bond donors (Lipinski definition) is 1. The van der Waals surface area contributed by atoms with E-state index in [-0.39, 0.29) is 16.4 Å². The summed E-state index contributed by atoms with van der Waals surface area (Å²) in [4.78, 5) is 12.9. The molecule has 0 bridgehead atoms. The van der Waals surface area contributed by atoms with Gasteiger partial charge in [-0.3, -0.25) is 4.79 Å². The van der Waals surface area contributed by atoms with Crippen LogP contribution in [0.4, 0.5) is 0 Å². The second-order valence-corrected chi connectivity index (χ2v) is 22.0. The van der Waals surface area contributed by atoms with Crippen LogP contribution in [0.25, 0.3) is 0 Å². The van der Waals surface area contributed by atoms with Crippen LogP contribution in [0.5, 0.6) is 0 Å². The molecule has 0 aromatic carbocycles. The fourth-order valence-electron chi connectivity index (χ4n) is 11.1. The highest BCUT2D eigenvalue weighted by atomic mass is 28.3. The number of amides is 1. The summed E-state index contributed by atoms with van der Waals surface area (Å²) in [6.45, 7) is 22.9. The Hall–Kier alpha value is -0.613. The first-order valence-corrected chi connectivity index (χ1v) is 21.2. The summed E-state index contributed by atoms with van der Waals surface area (Å²) in [7, 11) is -0.920. The highest BCUT2D eigenvalue weighted by molar-refractivity contribution is 6.56. The SMILES string of the molecule is CC1=C(CCC(=O)NCCCCCCCC2CCCCC2)[C@@H]2CC[C@H]3C(C)(C)[C@@H](O[Si](C(C)C)C(C)(C)C)CC[C@]3(C)[C@H]2CC1. The summed E-state index contributed by atoms with van der Waals surface area (Å²) >= 11 is 0. The average Bonchev–Trinajstić information content (AvgIpc) is 2.97. The van der Waals surface area contributed by atoms with Crippen molar-refractivity contribution in [2.75, 3.05) is 6.54 Å². The van der Waals surface area contributed by atoms with E-state index < -0.39 is 9.04 Å². The number of hydrogen-bond acceptors (Lipinski definition) is 2. The highest BCUT2D eigenvalue weighted by Crippen LogP contribution is 2.65. The third-order valence-corrected chi connectivity index (χ3v) is 16.5. The van der Waals surface area contributed by atoms with Crippen LogP contribution in [0.3, 0.4) is 0 Å². The Balaban J connectivity index is 1.23. The van der Waals surface area contributed by atoms with Crippen molar-refractivity contribution in [2.24, 2.45) is 34.5 Å². The zero-order chi connectivity index (χ0) is 32.8. The van der Waals surface area contributed by atoms with Crippen LogP contribution < -0.4 is 5.32 Å². The first kappa shape index (κ1) is 37.2. The van der Waals surface area contributed by atoms with Crippen LogP contribution in [0.15, 0.2) is 11.1 Å². The minimum atomic E-state index is -0.920. The van der Waals surface area contributed by atoms with Gasteiger partial charge in [-0.05, 0) is 103 Å². The molecule has 3 nitrogen and oxygen atoms in total. The zero-order valence-electron chi connectivity index (χ0n) is 31.4. The van der Waals surface area contributed by atoms with Crippen LogP contribution in [-0.2, 0) is 9.22 Å². The Labute approximate surface area is 282 Å². The Morgan fingerprint density at radius 3 is 2.31 bits per heavy atom. The van der Waals surface area contributed by atoms with Crippen LogP contribution >= 0.6 is 0 Å². The van der Waals surface area contributed by atoms with E-state index in [4.69, 9.17) is 4.43 Å². The van der Waals surface area contributed by atoms with Crippen molar-refractivity contribution in [1.82, 2.24) is 5.32 Å². The van der Waals surface area contributed by atoms with Gasteiger partial charge in [0.25, 0.3) is 0 Å². The molecule has 4 rings (SSSR count). The summed E-state index contributed by atoms with van der Waals surface area (Å²) < 4.78 is 7.20. The fraction of sp³-hybridized carbons (Fsp3) is 0.927. The van der Waals surface area contributed by atoms with Gasteiger partial charge in [0, 0.05) is 13.0 Å². The lowest BCUT2D eigenvalue weighted by Gasteiger charge is -2.63. The van der Waals surface area contributed by atoms with Gasteiger partial charge in [0.15, 0.2) is 0 Å². The Morgan fingerprint density at radius 1 is 0.933 bits per heavy atom. The first-order chi connectivity index (χ1) is 21.2. The fourth-order valence-corrected chi connectivity index (χ4v) is 14.2. The average molecular weight is 641 g/mol. The zero-order valence-corrected chi connectivity index (χ0v) is 32.4. The van der Waals surface area contributed by atoms with E-state index in [2.05, 4.69) is 67.6 Å². The molecular formula is C41H74NO2Si. The normalized spacial score (nSPS) is 30.8. The summed E-state index contributed by atoms with van der Waals surface area (Å²) in [5.41, 5.74) is 4.48. The van der Waals surface area contributed by atoms with E-state index >= 15 is 0 Å². The maximum absolute atomic E-state index is 12.9. The predicted molar refractivity (Wildman–Crippen MR) is 195 cm³/mol. The quantitative estimate of drug-likeness (QED) is 0.117.